The van der Waals surface area contributed by atoms with E-state index in [4.69, 9.17) is 5.26 Å². The van der Waals surface area contributed by atoms with Gasteiger partial charge in [0, 0.05) is 5.75 Å². The van der Waals surface area contributed by atoms with Crippen LogP contribution in [0.4, 0.5) is 0 Å². The first-order valence-electron chi connectivity index (χ1n) is 4.42. The van der Waals surface area contributed by atoms with Crippen LogP contribution in [-0.4, -0.2) is 23.6 Å². The van der Waals surface area contributed by atoms with Crippen molar-refractivity contribution in [1.29, 1.82) is 5.26 Å². The summed E-state index contributed by atoms with van der Waals surface area (Å²) >= 11 is 1.81. The van der Waals surface area contributed by atoms with Crippen LogP contribution in [0.3, 0.4) is 0 Å². The quantitative estimate of drug-likeness (QED) is 0.689. The van der Waals surface area contributed by atoms with E-state index in [9.17, 15) is 0 Å². The lowest BCUT2D eigenvalue weighted by molar-refractivity contribution is 0.493. The van der Waals surface area contributed by atoms with Gasteiger partial charge in [-0.05, 0) is 25.6 Å². The maximum atomic E-state index is 8.91. The molecule has 1 unspecified atom stereocenters. The molecule has 0 aliphatic rings. The van der Waals surface area contributed by atoms with Gasteiger partial charge in [0.05, 0.1) is 6.07 Å². The minimum Gasteiger partial charge on any atom is -0.299 e. The van der Waals surface area contributed by atoms with Crippen molar-refractivity contribution >= 4 is 11.8 Å². The summed E-state index contributed by atoms with van der Waals surface area (Å²) < 4.78 is 0. The van der Waals surface area contributed by atoms with Crippen molar-refractivity contribution in [2.24, 2.45) is 0 Å². The molecule has 0 spiro atoms. The third kappa shape index (κ3) is 4.63. The fraction of sp³-hybridized carbons (Fsp3) is 0.889. The van der Waals surface area contributed by atoms with E-state index in [1.165, 1.54) is 0 Å². The summed E-state index contributed by atoms with van der Waals surface area (Å²) in [5.74, 6) is 1.95. The number of hydrogen-bond donors (Lipinski definition) is 1. The van der Waals surface area contributed by atoms with E-state index in [0.29, 0.717) is 0 Å². The van der Waals surface area contributed by atoms with E-state index < -0.39 is 0 Å². The molecule has 1 atom stereocenters. The molecule has 0 saturated carbocycles. The van der Waals surface area contributed by atoms with Crippen LogP contribution in [0.2, 0.25) is 0 Å². The minimum absolute atomic E-state index is 0.337. The maximum Gasteiger partial charge on any atom is 0.113 e. The molecular formula is C9H18N2S. The number of thioether (sulfide) groups is 1. The minimum atomic E-state index is -0.337. The van der Waals surface area contributed by atoms with Gasteiger partial charge in [-0.25, -0.2) is 0 Å². The van der Waals surface area contributed by atoms with Gasteiger partial charge in [0.1, 0.15) is 5.54 Å². The number of nitrogens with zero attached hydrogens (tertiary/aromatic N) is 1. The highest BCUT2D eigenvalue weighted by atomic mass is 32.2. The Morgan fingerprint density at radius 2 is 2.17 bits per heavy atom. The summed E-state index contributed by atoms with van der Waals surface area (Å²) in [7, 11) is 0. The van der Waals surface area contributed by atoms with Crippen LogP contribution < -0.4 is 5.32 Å². The van der Waals surface area contributed by atoms with Gasteiger partial charge in [-0.3, -0.25) is 5.32 Å². The largest absolute Gasteiger partial charge is 0.299 e. The highest BCUT2D eigenvalue weighted by molar-refractivity contribution is 7.99. The van der Waals surface area contributed by atoms with E-state index in [1.807, 2.05) is 6.92 Å². The third-order valence-corrected chi connectivity index (χ3v) is 2.80. The number of nitriles is 1. The van der Waals surface area contributed by atoms with Gasteiger partial charge >= 0.3 is 0 Å². The molecule has 0 fully saturated rings. The summed E-state index contributed by atoms with van der Waals surface area (Å²) in [5, 5.41) is 12.2. The molecule has 3 heteroatoms. The predicted molar refractivity (Wildman–Crippen MR) is 55.3 cm³/mol. The molecule has 0 aromatic carbocycles. The molecule has 0 aliphatic carbocycles. The van der Waals surface area contributed by atoms with Crippen LogP contribution in [0.1, 0.15) is 27.2 Å². The molecular weight excluding hydrogens is 168 g/mol. The molecule has 0 radical (unpaired) electrons. The Labute approximate surface area is 79.7 Å². The molecule has 0 aliphatic heterocycles. The second kappa shape index (κ2) is 6.33. The van der Waals surface area contributed by atoms with Crippen LogP contribution in [0.15, 0.2) is 0 Å². The van der Waals surface area contributed by atoms with Crippen molar-refractivity contribution in [3.8, 4) is 6.07 Å². The van der Waals surface area contributed by atoms with E-state index >= 15 is 0 Å². The first-order valence-corrected chi connectivity index (χ1v) is 5.58. The molecule has 0 amide bonds. The van der Waals surface area contributed by atoms with Crippen molar-refractivity contribution in [3.63, 3.8) is 0 Å². The Kier molecular flexibility index (Phi) is 6.23. The number of rotatable bonds is 6. The van der Waals surface area contributed by atoms with E-state index in [2.05, 4.69) is 25.2 Å². The average Bonchev–Trinajstić information content (AvgIpc) is 2.11. The topological polar surface area (TPSA) is 35.8 Å². The van der Waals surface area contributed by atoms with Gasteiger partial charge in [-0.1, -0.05) is 13.8 Å². The summed E-state index contributed by atoms with van der Waals surface area (Å²) in [4.78, 5) is 0. The SMILES string of the molecule is CCCNC(C)(C#N)CSCC. The van der Waals surface area contributed by atoms with Gasteiger partial charge < -0.3 is 0 Å². The Morgan fingerprint density at radius 3 is 2.58 bits per heavy atom. The Bertz CT molecular complexity index is 143. The predicted octanol–water partition coefficient (Wildman–Crippen LogP) is 2.02. The fourth-order valence-electron chi connectivity index (χ4n) is 0.830. The second-order valence-corrected chi connectivity index (χ2v) is 4.28. The maximum absolute atomic E-state index is 8.91. The summed E-state index contributed by atoms with van der Waals surface area (Å²) in [5.41, 5.74) is -0.337. The van der Waals surface area contributed by atoms with E-state index in [1.54, 1.807) is 11.8 Å². The average molecular weight is 186 g/mol. The highest BCUT2D eigenvalue weighted by Crippen LogP contribution is 2.11. The lowest BCUT2D eigenvalue weighted by atomic mass is 10.1. The lowest BCUT2D eigenvalue weighted by Crippen LogP contribution is -2.43. The molecule has 1 N–H and O–H groups in total. The summed E-state index contributed by atoms with van der Waals surface area (Å²) in [6, 6.07) is 2.32. The molecule has 0 saturated heterocycles. The zero-order chi connectivity index (χ0) is 9.45. The molecule has 0 bridgehead atoms. The molecule has 70 valence electrons. The molecule has 12 heavy (non-hydrogen) atoms. The fourth-order valence-corrected chi connectivity index (χ4v) is 1.61. The van der Waals surface area contributed by atoms with Crippen molar-refractivity contribution in [2.45, 2.75) is 32.7 Å². The number of nitrogens with one attached hydrogen (secondary N) is 1. The highest BCUT2D eigenvalue weighted by Gasteiger charge is 2.21. The third-order valence-electron chi connectivity index (χ3n) is 1.61. The van der Waals surface area contributed by atoms with Crippen LogP contribution in [0.25, 0.3) is 0 Å². The Morgan fingerprint density at radius 1 is 1.50 bits per heavy atom. The second-order valence-electron chi connectivity index (χ2n) is 3.01. The first kappa shape index (κ1) is 11.8. The van der Waals surface area contributed by atoms with Crippen LogP contribution in [-0.2, 0) is 0 Å². The van der Waals surface area contributed by atoms with Gasteiger partial charge in [-0.2, -0.15) is 17.0 Å². The summed E-state index contributed by atoms with van der Waals surface area (Å²) in [6.07, 6.45) is 1.08. The zero-order valence-corrected chi connectivity index (χ0v) is 9.00. The van der Waals surface area contributed by atoms with E-state index in [0.717, 1.165) is 24.5 Å². The van der Waals surface area contributed by atoms with Crippen molar-refractivity contribution in [3.05, 3.63) is 0 Å². The van der Waals surface area contributed by atoms with Crippen molar-refractivity contribution < 1.29 is 0 Å². The molecule has 0 aromatic heterocycles. The van der Waals surface area contributed by atoms with Gasteiger partial charge in [0.25, 0.3) is 0 Å². The monoisotopic (exact) mass is 186 g/mol. The normalized spacial score (nSPS) is 15.2. The van der Waals surface area contributed by atoms with Crippen LogP contribution in [0, 0.1) is 11.3 Å². The number of hydrogen-bond acceptors (Lipinski definition) is 3. The van der Waals surface area contributed by atoms with Crippen molar-refractivity contribution in [1.82, 2.24) is 5.32 Å². The van der Waals surface area contributed by atoms with E-state index in [-0.39, 0.29) is 5.54 Å². The zero-order valence-electron chi connectivity index (χ0n) is 8.18. The molecule has 0 heterocycles. The Balaban J connectivity index is 3.81. The lowest BCUT2D eigenvalue weighted by Gasteiger charge is -2.22. The van der Waals surface area contributed by atoms with Crippen LogP contribution in [0.5, 0.6) is 0 Å². The molecule has 0 rings (SSSR count). The first-order chi connectivity index (χ1) is 5.68. The smallest absolute Gasteiger partial charge is 0.113 e. The molecule has 2 nitrogen and oxygen atoms in total. The van der Waals surface area contributed by atoms with Gasteiger partial charge in [0.15, 0.2) is 0 Å². The molecule has 0 aromatic rings. The standard InChI is InChI=1S/C9H18N2S/c1-4-6-11-9(3,7-10)8-12-5-2/h11H,4-6,8H2,1-3H3. The summed E-state index contributed by atoms with van der Waals surface area (Å²) in [6.45, 7) is 7.11. The van der Waals surface area contributed by atoms with Gasteiger partial charge in [0.2, 0.25) is 0 Å². The Hall–Kier alpha value is -0.200. The van der Waals surface area contributed by atoms with Gasteiger partial charge in [-0.15, -0.1) is 0 Å². The van der Waals surface area contributed by atoms with Crippen LogP contribution >= 0.6 is 11.8 Å². The van der Waals surface area contributed by atoms with Crippen molar-refractivity contribution in [2.75, 3.05) is 18.1 Å².